The summed E-state index contributed by atoms with van der Waals surface area (Å²) in [5.41, 5.74) is -0.763. The number of amides is 2. The first-order valence-electron chi connectivity index (χ1n) is 11.0. The molecule has 0 saturated carbocycles. The first-order valence-corrected chi connectivity index (χ1v) is 11.0. The summed E-state index contributed by atoms with van der Waals surface area (Å²) in [5, 5.41) is 0.0208. The summed E-state index contributed by atoms with van der Waals surface area (Å²) in [6, 6.07) is 10.9. The van der Waals surface area contributed by atoms with Crippen LogP contribution in [0.4, 0.5) is 10.1 Å². The number of unbranched alkanes of at least 4 members (excludes halogenated alkanes) is 1. The lowest BCUT2D eigenvalue weighted by atomic mass is 9.84. The highest BCUT2D eigenvalue weighted by Gasteiger charge is 2.64. The van der Waals surface area contributed by atoms with E-state index in [9.17, 15) is 18.8 Å². The van der Waals surface area contributed by atoms with Crippen LogP contribution in [0.5, 0.6) is 0 Å². The van der Waals surface area contributed by atoms with Crippen LogP contribution >= 0.6 is 0 Å². The first-order chi connectivity index (χ1) is 15.5. The molecule has 0 aliphatic carbocycles. The molecule has 7 heteroatoms. The predicted molar refractivity (Wildman–Crippen MR) is 118 cm³/mol. The molecule has 2 aliphatic rings. The molecule has 0 fully saturated rings. The predicted octanol–water partition coefficient (Wildman–Crippen LogP) is 4.19. The van der Waals surface area contributed by atoms with Crippen molar-refractivity contribution in [2.75, 3.05) is 18.0 Å². The average Bonchev–Trinajstić information content (AvgIpc) is 3.18. The number of anilines is 1. The van der Waals surface area contributed by atoms with Crippen molar-refractivity contribution in [3.63, 3.8) is 0 Å². The van der Waals surface area contributed by atoms with Crippen molar-refractivity contribution >= 4 is 28.5 Å². The molecule has 2 aliphatic heterocycles. The Balaban J connectivity index is 1.90. The van der Waals surface area contributed by atoms with Crippen LogP contribution in [0, 0.1) is 5.82 Å². The molecule has 0 saturated heterocycles. The van der Waals surface area contributed by atoms with Crippen LogP contribution in [-0.4, -0.2) is 29.8 Å². The van der Waals surface area contributed by atoms with Crippen LogP contribution in [-0.2, 0) is 10.3 Å². The van der Waals surface area contributed by atoms with E-state index in [1.54, 1.807) is 17.0 Å². The average molecular weight is 434 g/mol. The van der Waals surface area contributed by atoms with Gasteiger partial charge in [-0.25, -0.2) is 4.39 Å². The molecule has 1 spiro atoms. The van der Waals surface area contributed by atoms with Gasteiger partial charge in [0.1, 0.15) is 11.4 Å². The Kier molecular flexibility index (Phi) is 4.65. The molecule has 3 aromatic rings. The Morgan fingerprint density at radius 2 is 1.78 bits per heavy atom. The molecule has 164 valence electrons. The monoisotopic (exact) mass is 434 g/mol. The summed E-state index contributed by atoms with van der Waals surface area (Å²) in [4.78, 5) is 44.6. The van der Waals surface area contributed by atoms with E-state index >= 15 is 0 Å². The van der Waals surface area contributed by atoms with Crippen LogP contribution < -0.4 is 10.3 Å². The minimum Gasteiger partial charge on any atom is -0.450 e. The quantitative estimate of drug-likeness (QED) is 0.604. The molecule has 0 N–H and O–H groups in total. The Labute approximate surface area is 184 Å². The minimum atomic E-state index is -1.60. The number of hydrogen-bond acceptors (Lipinski definition) is 4. The largest absolute Gasteiger partial charge is 0.450 e. The lowest BCUT2D eigenvalue weighted by Gasteiger charge is -2.34. The molecule has 1 atom stereocenters. The van der Waals surface area contributed by atoms with Crippen LogP contribution in [0.15, 0.2) is 51.7 Å². The Morgan fingerprint density at radius 3 is 2.53 bits per heavy atom. The normalized spacial score (nSPS) is 19.3. The van der Waals surface area contributed by atoms with Crippen molar-refractivity contribution in [1.29, 1.82) is 0 Å². The van der Waals surface area contributed by atoms with Crippen LogP contribution in [0.3, 0.4) is 0 Å². The van der Waals surface area contributed by atoms with Gasteiger partial charge in [-0.15, -0.1) is 0 Å². The number of para-hydroxylation sites is 1. The lowest BCUT2D eigenvalue weighted by Crippen LogP contribution is -2.53. The van der Waals surface area contributed by atoms with E-state index in [2.05, 4.69) is 0 Å². The summed E-state index contributed by atoms with van der Waals surface area (Å²) in [7, 11) is 0. The number of fused-ring (bicyclic) bond motifs is 5. The molecular weight excluding hydrogens is 411 g/mol. The number of rotatable bonds is 5. The minimum absolute atomic E-state index is 0.00671. The summed E-state index contributed by atoms with van der Waals surface area (Å²) >= 11 is 0. The number of carbonyl (C=O) groups is 2. The lowest BCUT2D eigenvalue weighted by molar-refractivity contribution is -0.126. The molecule has 0 radical (unpaired) electrons. The Hall–Kier alpha value is -3.48. The standard InChI is InChI=1S/C25H23FN2O4/c1-3-5-13-28-23(30)22-20(21(29)16-14-15(26)10-11-19(16)32-22)25(28)17-8-6-7-9-18(17)27(12-4-2)24(25)31/h6-11,14H,3-5,12-13H2,1-2H3. The van der Waals surface area contributed by atoms with Crippen LogP contribution in [0.25, 0.3) is 11.0 Å². The van der Waals surface area contributed by atoms with Gasteiger partial charge in [0.05, 0.1) is 16.6 Å². The fourth-order valence-corrected chi connectivity index (χ4v) is 5.02. The summed E-state index contributed by atoms with van der Waals surface area (Å²) in [6.45, 7) is 4.71. The number of hydrogen-bond donors (Lipinski definition) is 0. The summed E-state index contributed by atoms with van der Waals surface area (Å²) in [5.74, 6) is -1.55. The van der Waals surface area contributed by atoms with Crippen molar-refractivity contribution < 1.29 is 18.4 Å². The van der Waals surface area contributed by atoms with Gasteiger partial charge in [0, 0.05) is 18.7 Å². The fourth-order valence-electron chi connectivity index (χ4n) is 5.02. The zero-order chi connectivity index (χ0) is 22.6. The summed E-state index contributed by atoms with van der Waals surface area (Å²) < 4.78 is 19.9. The number of nitrogens with zero attached hydrogens (tertiary/aromatic N) is 2. The van der Waals surface area contributed by atoms with Gasteiger partial charge in [-0.2, -0.15) is 0 Å². The first kappa shape index (κ1) is 20.4. The highest BCUT2D eigenvalue weighted by atomic mass is 19.1. The van der Waals surface area contributed by atoms with E-state index in [0.29, 0.717) is 37.2 Å². The maximum absolute atomic E-state index is 14.1. The smallest absolute Gasteiger partial charge is 0.291 e. The third kappa shape index (κ3) is 2.48. The second kappa shape index (κ2) is 7.29. The Morgan fingerprint density at radius 1 is 1.00 bits per heavy atom. The molecule has 1 unspecified atom stereocenters. The molecule has 1 aromatic heterocycles. The van der Waals surface area contributed by atoms with Crippen molar-refractivity contribution in [2.24, 2.45) is 0 Å². The zero-order valence-corrected chi connectivity index (χ0v) is 18.0. The van der Waals surface area contributed by atoms with Gasteiger partial charge in [0.2, 0.25) is 5.76 Å². The van der Waals surface area contributed by atoms with Crippen molar-refractivity contribution in [1.82, 2.24) is 4.90 Å². The number of carbonyl (C=O) groups excluding carboxylic acids is 2. The number of halogens is 1. The van der Waals surface area contributed by atoms with E-state index in [1.165, 1.54) is 17.0 Å². The van der Waals surface area contributed by atoms with Gasteiger partial charge in [-0.05, 0) is 37.1 Å². The Bertz CT molecular complexity index is 1330. The van der Waals surface area contributed by atoms with Gasteiger partial charge in [-0.1, -0.05) is 38.5 Å². The zero-order valence-electron chi connectivity index (χ0n) is 18.0. The molecule has 2 amide bonds. The van der Waals surface area contributed by atoms with E-state index < -0.39 is 22.7 Å². The third-order valence-electron chi connectivity index (χ3n) is 6.38. The molecule has 6 nitrogen and oxygen atoms in total. The fraction of sp³-hybridized carbons (Fsp3) is 0.320. The van der Waals surface area contributed by atoms with E-state index in [1.807, 2.05) is 26.0 Å². The maximum atomic E-state index is 14.1. The number of benzene rings is 2. The second-order valence-electron chi connectivity index (χ2n) is 8.27. The highest BCUT2D eigenvalue weighted by molar-refractivity contribution is 6.17. The second-order valence-corrected chi connectivity index (χ2v) is 8.27. The maximum Gasteiger partial charge on any atom is 0.291 e. The van der Waals surface area contributed by atoms with Gasteiger partial charge in [0.25, 0.3) is 11.8 Å². The molecule has 2 aromatic carbocycles. The van der Waals surface area contributed by atoms with Gasteiger partial charge in [-0.3, -0.25) is 14.4 Å². The molecular formula is C25H23FN2O4. The van der Waals surface area contributed by atoms with Gasteiger partial charge < -0.3 is 14.2 Å². The molecule has 0 bridgehead atoms. The molecule has 5 rings (SSSR count). The van der Waals surface area contributed by atoms with E-state index in [4.69, 9.17) is 4.42 Å². The molecule has 3 heterocycles. The third-order valence-corrected chi connectivity index (χ3v) is 6.38. The van der Waals surface area contributed by atoms with Crippen LogP contribution in [0.2, 0.25) is 0 Å². The van der Waals surface area contributed by atoms with Gasteiger partial charge >= 0.3 is 0 Å². The van der Waals surface area contributed by atoms with Crippen molar-refractivity contribution in [3.8, 4) is 0 Å². The topological polar surface area (TPSA) is 70.8 Å². The van der Waals surface area contributed by atoms with Gasteiger partial charge in [0.15, 0.2) is 11.0 Å². The van der Waals surface area contributed by atoms with Crippen molar-refractivity contribution in [3.05, 3.63) is 75.4 Å². The summed E-state index contributed by atoms with van der Waals surface area (Å²) in [6.07, 6.45) is 2.18. The van der Waals surface area contributed by atoms with E-state index in [0.717, 1.165) is 12.5 Å². The van der Waals surface area contributed by atoms with E-state index in [-0.39, 0.29) is 28.2 Å². The SMILES string of the molecule is CCCCN1C(=O)c2oc3ccc(F)cc3c(=O)c2C12C(=O)N(CCC)c1ccccc12. The molecule has 32 heavy (non-hydrogen) atoms. The highest BCUT2D eigenvalue weighted by Crippen LogP contribution is 2.52. The van der Waals surface area contributed by atoms with Crippen LogP contribution in [0.1, 0.15) is 54.8 Å². The van der Waals surface area contributed by atoms with Crippen molar-refractivity contribution in [2.45, 2.75) is 38.6 Å².